The topological polar surface area (TPSA) is 58.6 Å². The largest absolute Gasteiger partial charge is 0.492 e. The molecule has 1 aromatic carbocycles. The second kappa shape index (κ2) is 7.99. The van der Waals surface area contributed by atoms with E-state index in [0.717, 1.165) is 0 Å². The maximum Gasteiger partial charge on any atom is 0.244 e. The fourth-order valence-corrected chi connectivity index (χ4v) is 1.67. The summed E-state index contributed by atoms with van der Waals surface area (Å²) in [6.07, 6.45) is 1.59. The van der Waals surface area contributed by atoms with Crippen molar-refractivity contribution >= 4 is 17.5 Å². The van der Waals surface area contributed by atoms with Gasteiger partial charge in [0.15, 0.2) is 0 Å². The second-order valence-electron chi connectivity index (χ2n) is 4.17. The maximum atomic E-state index is 12.0. The first kappa shape index (κ1) is 15.8. The van der Waals surface area contributed by atoms with Crippen molar-refractivity contribution in [3.05, 3.63) is 36.9 Å². The summed E-state index contributed by atoms with van der Waals surface area (Å²) in [5.41, 5.74) is 0.599. The van der Waals surface area contributed by atoms with Crippen LogP contribution in [-0.4, -0.2) is 36.4 Å². The Labute approximate surface area is 119 Å². The minimum Gasteiger partial charge on any atom is -0.492 e. The van der Waals surface area contributed by atoms with Crippen LogP contribution >= 0.6 is 0 Å². The molecule has 0 fully saturated rings. The highest BCUT2D eigenvalue weighted by atomic mass is 16.5. The fourth-order valence-electron chi connectivity index (χ4n) is 1.67. The molecule has 0 heterocycles. The Kier molecular flexibility index (Phi) is 6.29. The molecule has 108 valence electrons. The van der Waals surface area contributed by atoms with Crippen molar-refractivity contribution in [3.63, 3.8) is 0 Å². The van der Waals surface area contributed by atoms with E-state index in [-0.39, 0.29) is 18.4 Å². The summed E-state index contributed by atoms with van der Waals surface area (Å²) in [6, 6.07) is 7.19. The first-order valence-electron chi connectivity index (χ1n) is 6.46. The van der Waals surface area contributed by atoms with Gasteiger partial charge >= 0.3 is 0 Å². The summed E-state index contributed by atoms with van der Waals surface area (Å²) in [4.78, 5) is 24.7. The number of nitrogens with one attached hydrogen (secondary N) is 1. The van der Waals surface area contributed by atoms with Crippen LogP contribution in [0.2, 0.25) is 0 Å². The van der Waals surface area contributed by atoms with Gasteiger partial charge in [-0.05, 0) is 19.1 Å². The highest BCUT2D eigenvalue weighted by Crippen LogP contribution is 2.23. The van der Waals surface area contributed by atoms with E-state index in [9.17, 15) is 9.59 Å². The molecule has 0 aliphatic rings. The van der Waals surface area contributed by atoms with Crippen LogP contribution in [0.25, 0.3) is 0 Å². The Morgan fingerprint density at radius 2 is 2.10 bits per heavy atom. The van der Waals surface area contributed by atoms with E-state index in [1.165, 1.54) is 11.8 Å². The van der Waals surface area contributed by atoms with Gasteiger partial charge in [-0.1, -0.05) is 18.2 Å². The molecule has 1 N–H and O–H groups in total. The zero-order chi connectivity index (χ0) is 15.0. The predicted molar refractivity (Wildman–Crippen MR) is 78.7 cm³/mol. The molecule has 0 atom stereocenters. The van der Waals surface area contributed by atoms with Crippen molar-refractivity contribution in [2.45, 2.75) is 13.8 Å². The first-order valence-corrected chi connectivity index (χ1v) is 6.46. The van der Waals surface area contributed by atoms with E-state index in [2.05, 4.69) is 11.9 Å². The SMILES string of the molecule is C=CCN(CC(=O)Nc1ccccc1OCC)C(C)=O. The number of rotatable bonds is 7. The van der Waals surface area contributed by atoms with Gasteiger partial charge in [-0.15, -0.1) is 6.58 Å². The van der Waals surface area contributed by atoms with Gasteiger partial charge in [-0.2, -0.15) is 0 Å². The first-order chi connectivity index (χ1) is 9.58. The molecule has 0 spiro atoms. The van der Waals surface area contributed by atoms with Crippen LogP contribution in [0.3, 0.4) is 0 Å². The molecule has 1 rings (SSSR count). The molecule has 5 nitrogen and oxygen atoms in total. The number of anilines is 1. The lowest BCUT2D eigenvalue weighted by Gasteiger charge is -2.19. The number of hydrogen-bond donors (Lipinski definition) is 1. The fraction of sp³-hybridized carbons (Fsp3) is 0.333. The number of hydrogen-bond acceptors (Lipinski definition) is 3. The quantitative estimate of drug-likeness (QED) is 0.775. The number of carbonyl (C=O) groups is 2. The van der Waals surface area contributed by atoms with E-state index >= 15 is 0 Å². The van der Waals surface area contributed by atoms with E-state index in [0.29, 0.717) is 24.6 Å². The van der Waals surface area contributed by atoms with Crippen LogP contribution in [0.5, 0.6) is 5.75 Å². The molecule has 1 aromatic rings. The molecule has 0 saturated heterocycles. The van der Waals surface area contributed by atoms with Gasteiger partial charge in [0.25, 0.3) is 0 Å². The summed E-state index contributed by atoms with van der Waals surface area (Å²) in [7, 11) is 0. The molecule has 0 aliphatic carbocycles. The van der Waals surface area contributed by atoms with Crippen LogP contribution in [0.1, 0.15) is 13.8 Å². The monoisotopic (exact) mass is 276 g/mol. The van der Waals surface area contributed by atoms with Gasteiger partial charge < -0.3 is 15.0 Å². The Morgan fingerprint density at radius 1 is 1.40 bits per heavy atom. The van der Waals surface area contributed by atoms with Crippen LogP contribution < -0.4 is 10.1 Å². The van der Waals surface area contributed by atoms with E-state index in [4.69, 9.17) is 4.74 Å². The number of amides is 2. The van der Waals surface area contributed by atoms with Gasteiger partial charge in [0.2, 0.25) is 11.8 Å². The van der Waals surface area contributed by atoms with Crippen LogP contribution in [0.4, 0.5) is 5.69 Å². The lowest BCUT2D eigenvalue weighted by Crippen LogP contribution is -2.36. The normalized spacial score (nSPS) is 9.70. The van der Waals surface area contributed by atoms with Crippen LogP contribution in [0.15, 0.2) is 36.9 Å². The van der Waals surface area contributed by atoms with Crippen molar-refractivity contribution in [1.82, 2.24) is 4.90 Å². The standard InChI is InChI=1S/C15H20N2O3/c1-4-10-17(12(3)18)11-15(19)16-13-8-6-7-9-14(13)20-5-2/h4,6-9H,1,5,10-11H2,2-3H3,(H,16,19). The van der Waals surface area contributed by atoms with Crippen molar-refractivity contribution in [3.8, 4) is 5.75 Å². The summed E-state index contributed by atoms with van der Waals surface area (Å²) in [6.45, 7) is 7.71. The van der Waals surface area contributed by atoms with E-state index in [1.807, 2.05) is 19.1 Å². The Hall–Kier alpha value is -2.30. The number of carbonyl (C=O) groups excluding carboxylic acids is 2. The summed E-state index contributed by atoms with van der Waals surface area (Å²) >= 11 is 0. The number of nitrogens with zero attached hydrogens (tertiary/aromatic N) is 1. The predicted octanol–water partition coefficient (Wildman–Crippen LogP) is 2.06. The Morgan fingerprint density at radius 3 is 2.70 bits per heavy atom. The third-order valence-electron chi connectivity index (χ3n) is 2.59. The van der Waals surface area contributed by atoms with Gasteiger partial charge in [-0.3, -0.25) is 9.59 Å². The summed E-state index contributed by atoms with van der Waals surface area (Å²) < 4.78 is 5.43. The number of ether oxygens (including phenoxy) is 1. The molecule has 0 radical (unpaired) electrons. The number of para-hydroxylation sites is 2. The van der Waals surface area contributed by atoms with Gasteiger partial charge in [-0.25, -0.2) is 0 Å². The molecule has 2 amide bonds. The molecule has 0 aromatic heterocycles. The molecular weight excluding hydrogens is 256 g/mol. The van der Waals surface area contributed by atoms with Crippen molar-refractivity contribution in [2.75, 3.05) is 25.0 Å². The Bertz CT molecular complexity index is 486. The minimum atomic E-state index is -0.269. The highest BCUT2D eigenvalue weighted by Gasteiger charge is 2.13. The molecule has 0 saturated carbocycles. The van der Waals surface area contributed by atoms with Crippen LogP contribution in [0, 0.1) is 0 Å². The maximum absolute atomic E-state index is 12.0. The lowest BCUT2D eigenvalue weighted by molar-refractivity contribution is -0.132. The van der Waals surface area contributed by atoms with Gasteiger partial charge in [0.05, 0.1) is 12.3 Å². The third kappa shape index (κ3) is 4.76. The lowest BCUT2D eigenvalue weighted by atomic mass is 10.3. The zero-order valence-electron chi connectivity index (χ0n) is 11.9. The van der Waals surface area contributed by atoms with Crippen molar-refractivity contribution < 1.29 is 14.3 Å². The van der Waals surface area contributed by atoms with Crippen LogP contribution in [-0.2, 0) is 9.59 Å². The molecule has 0 unspecified atom stereocenters. The molecule has 20 heavy (non-hydrogen) atoms. The highest BCUT2D eigenvalue weighted by molar-refractivity contribution is 5.95. The zero-order valence-corrected chi connectivity index (χ0v) is 11.9. The minimum absolute atomic E-state index is 0.0121. The van der Waals surface area contributed by atoms with E-state index in [1.54, 1.807) is 18.2 Å². The van der Waals surface area contributed by atoms with Crippen molar-refractivity contribution in [1.29, 1.82) is 0 Å². The average molecular weight is 276 g/mol. The summed E-state index contributed by atoms with van der Waals surface area (Å²) in [5, 5.41) is 2.75. The average Bonchev–Trinajstić information content (AvgIpc) is 2.40. The summed E-state index contributed by atoms with van der Waals surface area (Å²) in [5.74, 6) is 0.175. The van der Waals surface area contributed by atoms with Crippen molar-refractivity contribution in [2.24, 2.45) is 0 Å². The molecule has 5 heteroatoms. The molecule has 0 bridgehead atoms. The smallest absolute Gasteiger partial charge is 0.244 e. The van der Waals surface area contributed by atoms with Gasteiger partial charge in [0, 0.05) is 13.5 Å². The number of benzene rings is 1. The molecule has 0 aliphatic heterocycles. The second-order valence-corrected chi connectivity index (χ2v) is 4.17. The Balaban J connectivity index is 2.70. The molecular formula is C15H20N2O3. The van der Waals surface area contributed by atoms with E-state index < -0.39 is 0 Å². The third-order valence-corrected chi connectivity index (χ3v) is 2.59. The van der Waals surface area contributed by atoms with Gasteiger partial charge in [0.1, 0.15) is 12.3 Å².